The Morgan fingerprint density at radius 1 is 1.30 bits per heavy atom. The molecule has 0 spiro atoms. The SMILES string of the molecule is Cc1c(CCC(=O)NCCC(=O)[O-])c(=O)oc2cc(O)ccc12. The number of carbonyl (C=O) groups is 2. The number of fused-ring (bicyclic) bond motifs is 1. The van der Waals surface area contributed by atoms with E-state index in [9.17, 15) is 24.6 Å². The number of phenolic OH excluding ortho intramolecular Hbond substituents is 1. The van der Waals surface area contributed by atoms with E-state index in [2.05, 4.69) is 5.32 Å². The second kappa shape index (κ2) is 6.95. The third-order valence-corrected chi connectivity index (χ3v) is 3.52. The number of amides is 1. The van der Waals surface area contributed by atoms with E-state index < -0.39 is 11.6 Å². The fourth-order valence-electron chi connectivity index (χ4n) is 2.30. The summed E-state index contributed by atoms with van der Waals surface area (Å²) in [6.07, 6.45) is -0.0310. The van der Waals surface area contributed by atoms with Gasteiger partial charge in [0, 0.05) is 42.4 Å². The molecule has 0 atom stereocenters. The topological polar surface area (TPSA) is 120 Å². The molecule has 0 aliphatic carbocycles. The third-order valence-electron chi connectivity index (χ3n) is 3.52. The van der Waals surface area contributed by atoms with Crippen LogP contribution in [-0.2, 0) is 16.0 Å². The van der Waals surface area contributed by atoms with Crippen LogP contribution in [0.15, 0.2) is 27.4 Å². The maximum atomic E-state index is 12.0. The fraction of sp³-hybridized carbons (Fsp3) is 0.312. The molecule has 7 heteroatoms. The number of phenols is 1. The molecule has 0 fully saturated rings. The molecular weight excluding hydrogens is 302 g/mol. The standard InChI is InChI=1S/C16H17NO6/c1-9-11-3-2-10(18)8-13(11)23-16(22)12(9)4-5-14(19)17-7-6-15(20)21/h2-3,8,18H,4-7H2,1H3,(H,17,19)(H,20,21)/p-1. The van der Waals surface area contributed by atoms with Crippen LogP contribution in [0, 0.1) is 6.92 Å². The highest BCUT2D eigenvalue weighted by molar-refractivity contribution is 5.82. The lowest BCUT2D eigenvalue weighted by molar-refractivity contribution is -0.305. The zero-order valence-corrected chi connectivity index (χ0v) is 12.5. The lowest BCUT2D eigenvalue weighted by Crippen LogP contribution is -2.31. The molecule has 1 heterocycles. The lowest BCUT2D eigenvalue weighted by Gasteiger charge is -2.09. The molecule has 2 rings (SSSR count). The molecular formula is C16H16NO6-. The maximum absolute atomic E-state index is 12.0. The van der Waals surface area contributed by atoms with Crippen molar-refractivity contribution >= 4 is 22.8 Å². The first kappa shape index (κ1) is 16.5. The van der Waals surface area contributed by atoms with Crippen LogP contribution in [0.5, 0.6) is 5.75 Å². The summed E-state index contributed by atoms with van der Waals surface area (Å²) < 4.78 is 5.17. The molecule has 0 saturated heterocycles. The van der Waals surface area contributed by atoms with E-state index in [-0.39, 0.29) is 43.0 Å². The Bertz CT molecular complexity index is 808. The van der Waals surface area contributed by atoms with Crippen molar-refractivity contribution in [2.24, 2.45) is 0 Å². The highest BCUT2D eigenvalue weighted by Crippen LogP contribution is 2.23. The van der Waals surface area contributed by atoms with Crippen LogP contribution in [0.3, 0.4) is 0 Å². The van der Waals surface area contributed by atoms with E-state index >= 15 is 0 Å². The number of carboxylic acids is 1. The number of carboxylic acid groups (broad SMARTS) is 1. The molecule has 0 unspecified atom stereocenters. The summed E-state index contributed by atoms with van der Waals surface area (Å²) in [4.78, 5) is 33.9. The van der Waals surface area contributed by atoms with E-state index in [1.807, 2.05) is 0 Å². The van der Waals surface area contributed by atoms with Gasteiger partial charge in [-0.25, -0.2) is 4.79 Å². The first-order valence-electron chi connectivity index (χ1n) is 7.10. The predicted octanol–water partition coefficient (Wildman–Crippen LogP) is -0.00418. The molecule has 7 nitrogen and oxygen atoms in total. The Morgan fingerprint density at radius 2 is 2.04 bits per heavy atom. The van der Waals surface area contributed by atoms with Gasteiger partial charge in [0.15, 0.2) is 0 Å². The second-order valence-corrected chi connectivity index (χ2v) is 5.15. The fourth-order valence-corrected chi connectivity index (χ4v) is 2.30. The number of hydrogen-bond acceptors (Lipinski definition) is 6. The normalized spacial score (nSPS) is 10.7. The Kier molecular flexibility index (Phi) is 5.00. The molecule has 0 saturated carbocycles. The number of carbonyl (C=O) groups excluding carboxylic acids is 2. The lowest BCUT2D eigenvalue weighted by atomic mass is 10.0. The van der Waals surface area contributed by atoms with Crippen molar-refractivity contribution in [1.29, 1.82) is 0 Å². The van der Waals surface area contributed by atoms with E-state index in [4.69, 9.17) is 4.42 Å². The zero-order valence-electron chi connectivity index (χ0n) is 12.5. The highest BCUT2D eigenvalue weighted by Gasteiger charge is 2.13. The van der Waals surface area contributed by atoms with Crippen LogP contribution in [0.25, 0.3) is 11.0 Å². The Hall–Kier alpha value is -2.83. The molecule has 122 valence electrons. The van der Waals surface area contributed by atoms with E-state index in [0.29, 0.717) is 16.5 Å². The van der Waals surface area contributed by atoms with Crippen LogP contribution in [0.1, 0.15) is 24.0 Å². The average Bonchev–Trinajstić information content (AvgIpc) is 2.46. The van der Waals surface area contributed by atoms with Crippen molar-refractivity contribution in [3.05, 3.63) is 39.7 Å². The largest absolute Gasteiger partial charge is 0.550 e. The van der Waals surface area contributed by atoms with E-state index in [0.717, 1.165) is 0 Å². The van der Waals surface area contributed by atoms with Gasteiger partial charge in [0.25, 0.3) is 0 Å². The van der Waals surface area contributed by atoms with E-state index in [1.54, 1.807) is 13.0 Å². The van der Waals surface area contributed by atoms with Crippen LogP contribution < -0.4 is 16.0 Å². The summed E-state index contributed by atoms with van der Waals surface area (Å²) in [6, 6.07) is 4.50. The molecule has 2 aromatic rings. The molecule has 23 heavy (non-hydrogen) atoms. The number of aromatic hydroxyl groups is 1. The molecule has 0 aliphatic rings. The van der Waals surface area contributed by atoms with Gasteiger partial charge >= 0.3 is 5.63 Å². The van der Waals surface area contributed by atoms with Gasteiger partial charge in [0.1, 0.15) is 11.3 Å². The van der Waals surface area contributed by atoms with Gasteiger partial charge in [-0.1, -0.05) is 0 Å². The van der Waals surface area contributed by atoms with Gasteiger partial charge in [0.05, 0.1) is 0 Å². The molecule has 0 bridgehead atoms. The van der Waals surface area contributed by atoms with Crippen molar-refractivity contribution in [2.45, 2.75) is 26.2 Å². The monoisotopic (exact) mass is 318 g/mol. The average molecular weight is 318 g/mol. The summed E-state index contributed by atoms with van der Waals surface area (Å²) in [5.41, 5.74) is 0.815. The maximum Gasteiger partial charge on any atom is 0.339 e. The predicted molar refractivity (Wildman–Crippen MR) is 79.8 cm³/mol. The summed E-state index contributed by atoms with van der Waals surface area (Å²) >= 11 is 0. The van der Waals surface area contributed by atoms with Gasteiger partial charge in [0.2, 0.25) is 5.91 Å². The molecule has 1 aromatic heterocycles. The molecule has 0 aliphatic heterocycles. The Labute approximate surface area is 131 Å². The number of rotatable bonds is 6. The highest BCUT2D eigenvalue weighted by atomic mass is 16.4. The van der Waals surface area contributed by atoms with Gasteiger partial charge in [-0.3, -0.25) is 4.79 Å². The minimum atomic E-state index is -1.24. The van der Waals surface area contributed by atoms with Crippen molar-refractivity contribution in [3.63, 3.8) is 0 Å². The van der Waals surface area contributed by atoms with Crippen molar-refractivity contribution in [2.75, 3.05) is 6.54 Å². The first-order valence-corrected chi connectivity index (χ1v) is 7.10. The number of benzene rings is 1. The quantitative estimate of drug-likeness (QED) is 0.723. The van der Waals surface area contributed by atoms with Crippen LogP contribution >= 0.6 is 0 Å². The smallest absolute Gasteiger partial charge is 0.339 e. The van der Waals surface area contributed by atoms with Crippen molar-refractivity contribution in [3.8, 4) is 5.75 Å². The minimum Gasteiger partial charge on any atom is -0.550 e. The Balaban J connectivity index is 2.11. The van der Waals surface area contributed by atoms with Gasteiger partial charge < -0.3 is 24.7 Å². The minimum absolute atomic E-state index is 0.0000908. The third kappa shape index (κ3) is 4.09. The zero-order chi connectivity index (χ0) is 17.0. The molecule has 1 aromatic carbocycles. The first-order chi connectivity index (χ1) is 10.9. The number of nitrogens with one attached hydrogen (secondary N) is 1. The molecule has 0 radical (unpaired) electrons. The summed E-state index contributed by atoms with van der Waals surface area (Å²) in [5, 5.41) is 22.8. The van der Waals surface area contributed by atoms with E-state index in [1.165, 1.54) is 12.1 Å². The van der Waals surface area contributed by atoms with Crippen LogP contribution in [0.2, 0.25) is 0 Å². The van der Waals surface area contributed by atoms with Gasteiger partial charge in [-0.05, 0) is 31.0 Å². The van der Waals surface area contributed by atoms with Crippen molar-refractivity contribution < 1.29 is 24.2 Å². The summed E-state index contributed by atoms with van der Waals surface area (Å²) in [5.74, 6) is -1.59. The van der Waals surface area contributed by atoms with Crippen LogP contribution in [0.4, 0.5) is 0 Å². The second-order valence-electron chi connectivity index (χ2n) is 5.15. The molecule has 1 amide bonds. The van der Waals surface area contributed by atoms with Crippen molar-refractivity contribution in [1.82, 2.24) is 5.32 Å². The summed E-state index contributed by atoms with van der Waals surface area (Å²) in [7, 11) is 0. The van der Waals surface area contributed by atoms with Crippen LogP contribution in [-0.4, -0.2) is 23.5 Å². The number of aryl methyl sites for hydroxylation is 1. The number of aliphatic carboxylic acids is 1. The summed E-state index contributed by atoms with van der Waals surface area (Å²) in [6.45, 7) is 1.74. The molecule has 2 N–H and O–H groups in total. The van der Waals surface area contributed by atoms with Gasteiger partial charge in [-0.2, -0.15) is 0 Å². The van der Waals surface area contributed by atoms with Gasteiger partial charge in [-0.15, -0.1) is 0 Å². The number of hydrogen-bond donors (Lipinski definition) is 2. The Morgan fingerprint density at radius 3 is 2.74 bits per heavy atom.